The van der Waals surface area contributed by atoms with Gasteiger partial charge >= 0.3 is 0 Å². The maximum absolute atomic E-state index is 12.5. The quantitative estimate of drug-likeness (QED) is 0.877. The average molecular weight is 318 g/mol. The summed E-state index contributed by atoms with van der Waals surface area (Å²) in [6, 6.07) is 5.26. The van der Waals surface area contributed by atoms with E-state index in [0.29, 0.717) is 40.8 Å². The van der Waals surface area contributed by atoms with Gasteiger partial charge in [0.1, 0.15) is 5.56 Å². The van der Waals surface area contributed by atoms with E-state index in [1.165, 1.54) is 0 Å². The zero-order chi connectivity index (χ0) is 17.0. The molecule has 0 fully saturated rings. The van der Waals surface area contributed by atoms with Crippen LogP contribution in [-0.4, -0.2) is 24.8 Å². The Morgan fingerprint density at radius 3 is 2.70 bits per heavy atom. The molecule has 0 saturated carbocycles. The molecule has 1 N–H and O–H groups in total. The third-order valence-electron chi connectivity index (χ3n) is 3.36. The van der Waals surface area contributed by atoms with Crippen molar-refractivity contribution in [1.82, 2.24) is 5.16 Å². The molecule has 2 rings (SSSR count). The molecule has 6 heteroatoms. The molecule has 0 aliphatic carbocycles. The third kappa shape index (κ3) is 3.64. The highest BCUT2D eigenvalue weighted by Crippen LogP contribution is 2.31. The van der Waals surface area contributed by atoms with Gasteiger partial charge in [0, 0.05) is 17.7 Å². The summed E-state index contributed by atoms with van der Waals surface area (Å²) >= 11 is 0. The van der Waals surface area contributed by atoms with E-state index in [-0.39, 0.29) is 11.8 Å². The molecule has 0 unspecified atom stereocenters. The van der Waals surface area contributed by atoms with E-state index in [4.69, 9.17) is 14.0 Å². The van der Waals surface area contributed by atoms with E-state index in [1.54, 1.807) is 32.2 Å². The molecule has 124 valence electrons. The van der Waals surface area contributed by atoms with Crippen molar-refractivity contribution in [2.24, 2.45) is 0 Å². The molecule has 1 aromatic heterocycles. The number of hydrogen-bond donors (Lipinski definition) is 1. The second-order valence-electron chi connectivity index (χ2n) is 5.41. The number of benzene rings is 1. The van der Waals surface area contributed by atoms with Crippen LogP contribution < -0.4 is 14.8 Å². The van der Waals surface area contributed by atoms with Gasteiger partial charge in [0.05, 0.1) is 19.4 Å². The Bertz CT molecular complexity index is 692. The number of ether oxygens (including phenoxy) is 2. The van der Waals surface area contributed by atoms with Crippen LogP contribution in [0.1, 0.15) is 48.5 Å². The highest BCUT2D eigenvalue weighted by atomic mass is 16.5. The molecule has 0 bridgehead atoms. The fourth-order valence-corrected chi connectivity index (χ4v) is 2.27. The zero-order valence-corrected chi connectivity index (χ0v) is 14.1. The second kappa shape index (κ2) is 7.17. The molecule has 0 atom stereocenters. The fraction of sp³-hybridized carbons (Fsp3) is 0.412. The first-order valence-electron chi connectivity index (χ1n) is 7.56. The number of aromatic nitrogens is 1. The summed E-state index contributed by atoms with van der Waals surface area (Å²) in [5, 5.41) is 6.74. The largest absolute Gasteiger partial charge is 0.493 e. The number of aryl methyl sites for hydroxylation is 1. The summed E-state index contributed by atoms with van der Waals surface area (Å²) in [5.74, 6) is 1.61. The lowest BCUT2D eigenvalue weighted by atomic mass is 10.0. The summed E-state index contributed by atoms with van der Waals surface area (Å²) in [5.41, 5.74) is 1.67. The van der Waals surface area contributed by atoms with Gasteiger partial charge < -0.3 is 19.3 Å². The fourth-order valence-electron chi connectivity index (χ4n) is 2.27. The van der Waals surface area contributed by atoms with Crippen LogP contribution in [-0.2, 0) is 0 Å². The molecule has 6 nitrogen and oxygen atoms in total. The highest BCUT2D eigenvalue weighted by Gasteiger charge is 2.22. The van der Waals surface area contributed by atoms with Gasteiger partial charge in [0.2, 0.25) is 0 Å². The molecule has 1 aromatic carbocycles. The van der Waals surface area contributed by atoms with E-state index in [1.807, 2.05) is 20.8 Å². The Morgan fingerprint density at radius 1 is 1.35 bits per heavy atom. The monoisotopic (exact) mass is 318 g/mol. The molecule has 0 aliphatic heterocycles. The molecule has 2 aromatic rings. The van der Waals surface area contributed by atoms with Gasteiger partial charge in [-0.2, -0.15) is 0 Å². The van der Waals surface area contributed by atoms with Crippen LogP contribution >= 0.6 is 0 Å². The van der Waals surface area contributed by atoms with E-state index < -0.39 is 0 Å². The maximum atomic E-state index is 12.5. The van der Waals surface area contributed by atoms with Gasteiger partial charge in [-0.25, -0.2) is 0 Å². The third-order valence-corrected chi connectivity index (χ3v) is 3.36. The van der Waals surface area contributed by atoms with E-state index in [2.05, 4.69) is 10.5 Å². The molecule has 0 spiro atoms. The van der Waals surface area contributed by atoms with Crippen molar-refractivity contribution in [2.75, 3.05) is 19.0 Å². The molecular formula is C17H22N2O4. The Balaban J connectivity index is 2.25. The molecule has 0 saturated heterocycles. The smallest absolute Gasteiger partial charge is 0.261 e. The normalized spacial score (nSPS) is 10.7. The van der Waals surface area contributed by atoms with Crippen molar-refractivity contribution in [3.8, 4) is 11.5 Å². The molecule has 23 heavy (non-hydrogen) atoms. The lowest BCUT2D eigenvalue weighted by Gasteiger charge is -2.12. The minimum absolute atomic E-state index is 0.0758. The van der Waals surface area contributed by atoms with Crippen molar-refractivity contribution in [3.05, 3.63) is 35.2 Å². The predicted octanol–water partition coefficient (Wildman–Crippen LogP) is 3.77. The summed E-state index contributed by atoms with van der Waals surface area (Å²) in [6.45, 7) is 8.10. The number of anilines is 1. The molecule has 0 radical (unpaired) electrons. The molecule has 1 amide bonds. The van der Waals surface area contributed by atoms with Crippen LogP contribution in [0.5, 0.6) is 11.5 Å². The van der Waals surface area contributed by atoms with Crippen LogP contribution in [0.3, 0.4) is 0 Å². The highest BCUT2D eigenvalue weighted by molar-refractivity contribution is 6.05. The van der Waals surface area contributed by atoms with E-state index >= 15 is 0 Å². The standard InChI is InChI=1S/C17H22N2O4/c1-6-22-13-8-7-12(9-14(13)21-5)18-17(20)15-11(4)19-23-16(15)10(2)3/h7-10H,6H2,1-5H3,(H,18,20). The predicted molar refractivity (Wildman–Crippen MR) is 87.4 cm³/mol. The summed E-state index contributed by atoms with van der Waals surface area (Å²) in [7, 11) is 1.56. The number of carbonyl (C=O) groups is 1. The Kier molecular flexibility index (Phi) is 5.26. The Morgan fingerprint density at radius 2 is 2.09 bits per heavy atom. The van der Waals surface area contributed by atoms with Crippen LogP contribution in [0.2, 0.25) is 0 Å². The Labute approximate surface area is 135 Å². The number of rotatable bonds is 6. The lowest BCUT2D eigenvalue weighted by Crippen LogP contribution is -2.15. The van der Waals surface area contributed by atoms with Crippen LogP contribution in [0.4, 0.5) is 5.69 Å². The van der Waals surface area contributed by atoms with E-state index in [0.717, 1.165) is 0 Å². The van der Waals surface area contributed by atoms with Crippen LogP contribution in [0, 0.1) is 6.92 Å². The molecule has 0 aliphatic rings. The zero-order valence-electron chi connectivity index (χ0n) is 14.1. The van der Waals surface area contributed by atoms with Crippen molar-refractivity contribution in [1.29, 1.82) is 0 Å². The molecule has 1 heterocycles. The van der Waals surface area contributed by atoms with Gasteiger partial charge in [-0.15, -0.1) is 0 Å². The molecular weight excluding hydrogens is 296 g/mol. The van der Waals surface area contributed by atoms with E-state index in [9.17, 15) is 4.79 Å². The SMILES string of the molecule is CCOc1ccc(NC(=O)c2c(C)noc2C(C)C)cc1OC. The lowest BCUT2D eigenvalue weighted by molar-refractivity contribution is 0.102. The van der Waals surface area contributed by atoms with Gasteiger partial charge in [-0.05, 0) is 26.0 Å². The minimum atomic E-state index is -0.251. The van der Waals surface area contributed by atoms with Gasteiger partial charge in [-0.3, -0.25) is 4.79 Å². The average Bonchev–Trinajstić information content (AvgIpc) is 2.91. The Hall–Kier alpha value is -2.50. The first-order valence-corrected chi connectivity index (χ1v) is 7.56. The number of carbonyl (C=O) groups excluding carboxylic acids is 1. The summed E-state index contributed by atoms with van der Waals surface area (Å²) < 4.78 is 16.0. The van der Waals surface area contributed by atoms with Crippen LogP contribution in [0.25, 0.3) is 0 Å². The first-order chi connectivity index (χ1) is 11.0. The van der Waals surface area contributed by atoms with Crippen molar-refractivity contribution in [3.63, 3.8) is 0 Å². The second-order valence-corrected chi connectivity index (χ2v) is 5.41. The summed E-state index contributed by atoms with van der Waals surface area (Å²) in [4.78, 5) is 12.5. The number of methoxy groups -OCH3 is 1. The van der Waals surface area contributed by atoms with Gasteiger partial charge in [0.15, 0.2) is 17.3 Å². The first kappa shape index (κ1) is 16.9. The maximum Gasteiger partial charge on any atom is 0.261 e. The number of amides is 1. The summed E-state index contributed by atoms with van der Waals surface area (Å²) in [6.07, 6.45) is 0. The van der Waals surface area contributed by atoms with Crippen molar-refractivity contribution < 1.29 is 18.8 Å². The van der Waals surface area contributed by atoms with Crippen molar-refractivity contribution in [2.45, 2.75) is 33.6 Å². The van der Waals surface area contributed by atoms with Gasteiger partial charge in [-0.1, -0.05) is 19.0 Å². The topological polar surface area (TPSA) is 73.6 Å². The minimum Gasteiger partial charge on any atom is -0.493 e. The van der Waals surface area contributed by atoms with Crippen LogP contribution in [0.15, 0.2) is 22.7 Å². The van der Waals surface area contributed by atoms with Crippen molar-refractivity contribution >= 4 is 11.6 Å². The van der Waals surface area contributed by atoms with Gasteiger partial charge in [0.25, 0.3) is 5.91 Å². The number of hydrogen-bond acceptors (Lipinski definition) is 5. The number of nitrogens with one attached hydrogen (secondary N) is 1. The number of nitrogens with zero attached hydrogens (tertiary/aromatic N) is 1.